The third-order valence-corrected chi connectivity index (χ3v) is 4.46. The molecule has 0 saturated heterocycles. The molecule has 0 spiro atoms. The van der Waals surface area contributed by atoms with Crippen LogP contribution in [0.25, 0.3) is 6.08 Å². The van der Waals surface area contributed by atoms with Crippen LogP contribution in [0.15, 0.2) is 30.8 Å². The molecule has 0 aromatic heterocycles. The molecule has 0 bridgehead atoms. The van der Waals surface area contributed by atoms with Gasteiger partial charge in [0, 0.05) is 25.3 Å². The Balaban J connectivity index is 2.88. The highest BCUT2D eigenvalue weighted by molar-refractivity contribution is 6.60. The van der Waals surface area contributed by atoms with E-state index in [9.17, 15) is 0 Å². The molecule has 0 amide bonds. The second-order valence-electron chi connectivity index (χ2n) is 3.57. The van der Waals surface area contributed by atoms with Gasteiger partial charge >= 0.3 is 8.80 Å². The average molecular weight is 252 g/mol. The molecule has 0 aliphatic heterocycles. The fourth-order valence-corrected chi connectivity index (χ4v) is 3.40. The van der Waals surface area contributed by atoms with E-state index in [-0.39, 0.29) is 0 Å². The first-order chi connectivity index (χ1) is 8.15. The SMILES string of the molecule is C=Cc1ccccc1O[Si](C)(OCC)OCC. The second kappa shape index (κ2) is 6.59. The lowest BCUT2D eigenvalue weighted by Gasteiger charge is -2.26. The molecular formula is C13H20O3Si. The summed E-state index contributed by atoms with van der Waals surface area (Å²) >= 11 is 0. The van der Waals surface area contributed by atoms with Crippen molar-refractivity contribution < 1.29 is 13.3 Å². The molecule has 0 N–H and O–H groups in total. The lowest BCUT2D eigenvalue weighted by molar-refractivity contribution is 0.124. The van der Waals surface area contributed by atoms with Crippen molar-refractivity contribution in [3.8, 4) is 5.75 Å². The predicted molar refractivity (Wildman–Crippen MR) is 72.0 cm³/mol. The molecule has 0 radical (unpaired) electrons. The molecule has 3 nitrogen and oxygen atoms in total. The largest absolute Gasteiger partial charge is 0.562 e. The maximum Gasteiger partial charge on any atom is 0.562 e. The van der Waals surface area contributed by atoms with Crippen LogP contribution in [0.2, 0.25) is 6.55 Å². The topological polar surface area (TPSA) is 27.7 Å². The molecule has 4 heteroatoms. The van der Waals surface area contributed by atoms with Crippen molar-refractivity contribution in [3.63, 3.8) is 0 Å². The summed E-state index contributed by atoms with van der Waals surface area (Å²) in [6.45, 7) is 10.7. The highest BCUT2D eigenvalue weighted by atomic mass is 28.4. The van der Waals surface area contributed by atoms with E-state index in [1.165, 1.54) is 0 Å². The first-order valence-corrected chi connectivity index (χ1v) is 8.06. The van der Waals surface area contributed by atoms with Gasteiger partial charge in [-0.05, 0) is 19.9 Å². The van der Waals surface area contributed by atoms with E-state index in [1.807, 2.05) is 44.7 Å². The van der Waals surface area contributed by atoms with Crippen LogP contribution in [-0.4, -0.2) is 22.0 Å². The average Bonchev–Trinajstić information content (AvgIpc) is 2.30. The minimum atomic E-state index is -2.59. The molecule has 0 atom stereocenters. The summed E-state index contributed by atoms with van der Waals surface area (Å²) in [5, 5.41) is 0. The van der Waals surface area contributed by atoms with Crippen molar-refractivity contribution in [1.82, 2.24) is 0 Å². The Bertz CT molecular complexity index is 359. The summed E-state index contributed by atoms with van der Waals surface area (Å²) < 4.78 is 17.2. The van der Waals surface area contributed by atoms with E-state index in [0.29, 0.717) is 13.2 Å². The predicted octanol–water partition coefficient (Wildman–Crippen LogP) is 3.35. The minimum Gasteiger partial charge on any atom is -0.500 e. The van der Waals surface area contributed by atoms with Crippen LogP contribution in [0.5, 0.6) is 5.75 Å². The van der Waals surface area contributed by atoms with Gasteiger partial charge < -0.3 is 13.3 Å². The number of rotatable bonds is 7. The van der Waals surface area contributed by atoms with Crippen molar-refractivity contribution in [2.75, 3.05) is 13.2 Å². The summed E-state index contributed by atoms with van der Waals surface area (Å²) in [4.78, 5) is 0. The van der Waals surface area contributed by atoms with Crippen LogP contribution in [0.1, 0.15) is 19.4 Å². The van der Waals surface area contributed by atoms with Crippen LogP contribution < -0.4 is 4.43 Å². The Labute approximate surface area is 104 Å². The normalized spacial score (nSPS) is 11.2. The van der Waals surface area contributed by atoms with E-state index in [0.717, 1.165) is 11.3 Å². The fourth-order valence-electron chi connectivity index (χ4n) is 1.57. The van der Waals surface area contributed by atoms with Crippen LogP contribution in [0, 0.1) is 0 Å². The van der Waals surface area contributed by atoms with Gasteiger partial charge in [-0.25, -0.2) is 0 Å². The Morgan fingerprint density at radius 1 is 1.18 bits per heavy atom. The summed E-state index contributed by atoms with van der Waals surface area (Å²) in [7, 11) is -2.59. The highest BCUT2D eigenvalue weighted by Gasteiger charge is 2.36. The molecule has 1 aromatic rings. The smallest absolute Gasteiger partial charge is 0.500 e. The van der Waals surface area contributed by atoms with E-state index in [4.69, 9.17) is 13.3 Å². The lowest BCUT2D eigenvalue weighted by Crippen LogP contribution is -2.45. The molecule has 17 heavy (non-hydrogen) atoms. The number of benzene rings is 1. The Kier molecular flexibility index (Phi) is 5.41. The molecule has 0 fully saturated rings. The van der Waals surface area contributed by atoms with Gasteiger partial charge in [0.05, 0.1) is 0 Å². The van der Waals surface area contributed by atoms with Crippen LogP contribution in [-0.2, 0) is 8.85 Å². The van der Waals surface area contributed by atoms with Crippen molar-refractivity contribution in [1.29, 1.82) is 0 Å². The standard InChI is InChI=1S/C13H20O3Si/c1-5-12-10-8-9-11-13(12)16-17(4,14-6-2)15-7-3/h5,8-11H,1,6-7H2,2-4H3. The van der Waals surface area contributed by atoms with Crippen LogP contribution in [0.4, 0.5) is 0 Å². The first kappa shape index (κ1) is 14.0. The van der Waals surface area contributed by atoms with Crippen molar-refractivity contribution >= 4 is 14.9 Å². The zero-order valence-electron chi connectivity index (χ0n) is 10.7. The number of hydrogen-bond acceptors (Lipinski definition) is 3. The Morgan fingerprint density at radius 3 is 2.29 bits per heavy atom. The van der Waals surface area contributed by atoms with Gasteiger partial charge in [0.15, 0.2) is 0 Å². The number of hydrogen-bond donors (Lipinski definition) is 0. The van der Waals surface area contributed by atoms with Crippen molar-refractivity contribution in [2.24, 2.45) is 0 Å². The molecule has 0 aliphatic rings. The molecule has 0 unspecified atom stereocenters. The van der Waals surface area contributed by atoms with Crippen LogP contribution in [0.3, 0.4) is 0 Å². The second-order valence-corrected chi connectivity index (χ2v) is 6.08. The van der Waals surface area contributed by atoms with Crippen LogP contribution >= 0.6 is 0 Å². The van der Waals surface area contributed by atoms with E-state index >= 15 is 0 Å². The first-order valence-electron chi connectivity index (χ1n) is 5.83. The molecule has 0 saturated carbocycles. The van der Waals surface area contributed by atoms with E-state index < -0.39 is 8.80 Å². The third-order valence-electron chi connectivity index (χ3n) is 2.25. The maximum absolute atomic E-state index is 5.93. The quantitative estimate of drug-likeness (QED) is 0.697. The van der Waals surface area contributed by atoms with Gasteiger partial charge in [0.2, 0.25) is 0 Å². The highest BCUT2D eigenvalue weighted by Crippen LogP contribution is 2.23. The fraction of sp³-hybridized carbons (Fsp3) is 0.385. The summed E-state index contributed by atoms with van der Waals surface area (Å²) in [5.41, 5.74) is 0.950. The molecule has 1 aromatic carbocycles. The zero-order chi connectivity index (χ0) is 12.7. The van der Waals surface area contributed by atoms with Gasteiger partial charge in [-0.2, -0.15) is 0 Å². The molecule has 1 rings (SSSR count). The van der Waals surface area contributed by atoms with Crippen molar-refractivity contribution in [2.45, 2.75) is 20.4 Å². The van der Waals surface area contributed by atoms with Gasteiger partial charge in [-0.15, -0.1) is 0 Å². The Morgan fingerprint density at radius 2 is 1.76 bits per heavy atom. The number of para-hydroxylation sites is 1. The summed E-state index contributed by atoms with van der Waals surface area (Å²) in [6.07, 6.45) is 1.77. The molecule has 0 aliphatic carbocycles. The molecule has 94 valence electrons. The van der Waals surface area contributed by atoms with Crippen molar-refractivity contribution in [3.05, 3.63) is 36.4 Å². The van der Waals surface area contributed by atoms with Gasteiger partial charge in [-0.3, -0.25) is 0 Å². The lowest BCUT2D eigenvalue weighted by atomic mass is 10.2. The van der Waals surface area contributed by atoms with Gasteiger partial charge in [-0.1, -0.05) is 30.9 Å². The zero-order valence-corrected chi connectivity index (χ0v) is 11.7. The summed E-state index contributed by atoms with van der Waals surface area (Å²) in [6, 6.07) is 7.73. The van der Waals surface area contributed by atoms with E-state index in [2.05, 4.69) is 6.58 Å². The monoisotopic (exact) mass is 252 g/mol. The van der Waals surface area contributed by atoms with E-state index in [1.54, 1.807) is 6.08 Å². The third kappa shape index (κ3) is 4.00. The van der Waals surface area contributed by atoms with Gasteiger partial charge in [0.25, 0.3) is 0 Å². The summed E-state index contributed by atoms with van der Waals surface area (Å²) in [5.74, 6) is 0.763. The maximum atomic E-state index is 5.93. The minimum absolute atomic E-state index is 0.582. The molecular weight excluding hydrogens is 232 g/mol. The van der Waals surface area contributed by atoms with Gasteiger partial charge in [0.1, 0.15) is 5.75 Å². The Hall–Kier alpha value is -1.10. The molecule has 0 heterocycles.